The van der Waals surface area contributed by atoms with Crippen molar-refractivity contribution < 1.29 is 33.3 Å². The summed E-state index contributed by atoms with van der Waals surface area (Å²) >= 11 is 0. The van der Waals surface area contributed by atoms with Crippen molar-refractivity contribution in [3.05, 3.63) is 0 Å². The van der Waals surface area contributed by atoms with Crippen molar-refractivity contribution in [1.82, 2.24) is 5.32 Å². The Hall–Kier alpha value is -1.83. The Morgan fingerprint density at radius 1 is 1.47 bits per heavy atom. The highest BCUT2D eigenvalue weighted by atomic mass is 16.7. The molecule has 1 N–H and O–H groups in total. The van der Waals surface area contributed by atoms with Gasteiger partial charge in [-0.15, -0.1) is 0 Å². The lowest BCUT2D eigenvalue weighted by Crippen LogP contribution is -2.48. The smallest absolute Gasteiger partial charge is 0.407 e. The van der Waals surface area contributed by atoms with E-state index in [0.717, 1.165) is 0 Å². The Morgan fingerprint density at radius 3 is 2.84 bits per heavy atom. The molecular weight excluding hydrogens is 258 g/mol. The van der Waals surface area contributed by atoms with Crippen LogP contribution in [0.2, 0.25) is 0 Å². The maximum atomic E-state index is 11.4. The number of alkyl carbamates (subject to hydrolysis) is 1. The molecule has 0 saturated carbocycles. The number of esters is 2. The lowest BCUT2D eigenvalue weighted by molar-refractivity contribution is -0.211. The first-order valence-electron chi connectivity index (χ1n) is 5.96. The summed E-state index contributed by atoms with van der Waals surface area (Å²) in [5.74, 6) is -1.00. The summed E-state index contributed by atoms with van der Waals surface area (Å²) in [6, 6.07) is -0.667. The molecule has 4 atom stereocenters. The third kappa shape index (κ3) is 2.95. The SMILES string of the molecule is CCOC(=O)N[C@@H]1[C@@H](OC(C)=O)[C@@H]2OC(=O)C[C@@H]1O2. The average Bonchev–Trinajstić information content (AvgIpc) is 2.53. The summed E-state index contributed by atoms with van der Waals surface area (Å²) < 4.78 is 20.1. The number of ether oxygens (including phenoxy) is 4. The zero-order valence-corrected chi connectivity index (χ0v) is 10.6. The van der Waals surface area contributed by atoms with Gasteiger partial charge in [0.15, 0.2) is 6.10 Å². The number of hydrogen-bond acceptors (Lipinski definition) is 7. The van der Waals surface area contributed by atoms with E-state index in [0.29, 0.717) is 0 Å². The highest BCUT2D eigenvalue weighted by Crippen LogP contribution is 2.31. The molecule has 0 aliphatic carbocycles. The maximum absolute atomic E-state index is 11.4. The van der Waals surface area contributed by atoms with Crippen molar-refractivity contribution in [3.63, 3.8) is 0 Å². The third-order valence-electron chi connectivity index (χ3n) is 2.81. The number of rotatable bonds is 3. The van der Waals surface area contributed by atoms with Crippen molar-refractivity contribution >= 4 is 18.0 Å². The van der Waals surface area contributed by atoms with Gasteiger partial charge in [0.1, 0.15) is 6.04 Å². The molecule has 2 bridgehead atoms. The molecule has 0 aromatic rings. The Kier molecular flexibility index (Phi) is 3.89. The third-order valence-corrected chi connectivity index (χ3v) is 2.81. The second-order valence-corrected chi connectivity index (χ2v) is 4.20. The summed E-state index contributed by atoms with van der Waals surface area (Å²) in [7, 11) is 0. The van der Waals surface area contributed by atoms with E-state index in [9.17, 15) is 14.4 Å². The van der Waals surface area contributed by atoms with Crippen LogP contribution in [-0.4, -0.2) is 49.2 Å². The first-order chi connectivity index (χ1) is 9.01. The molecule has 2 saturated heterocycles. The lowest BCUT2D eigenvalue weighted by Gasteiger charge is -2.21. The molecule has 8 nitrogen and oxygen atoms in total. The Balaban J connectivity index is 2.10. The van der Waals surface area contributed by atoms with Gasteiger partial charge >= 0.3 is 18.0 Å². The van der Waals surface area contributed by atoms with Crippen LogP contribution >= 0.6 is 0 Å². The molecule has 19 heavy (non-hydrogen) atoms. The van der Waals surface area contributed by atoms with Gasteiger partial charge < -0.3 is 24.3 Å². The van der Waals surface area contributed by atoms with Gasteiger partial charge in [0.05, 0.1) is 19.1 Å². The number of carbonyl (C=O) groups is 3. The zero-order valence-electron chi connectivity index (χ0n) is 10.6. The molecule has 2 fully saturated rings. The fourth-order valence-corrected chi connectivity index (χ4v) is 2.13. The number of carbonyl (C=O) groups excluding carboxylic acids is 3. The van der Waals surface area contributed by atoms with Gasteiger partial charge in [0.25, 0.3) is 0 Å². The molecule has 0 radical (unpaired) electrons. The molecule has 0 aromatic heterocycles. The van der Waals surface area contributed by atoms with Gasteiger partial charge in [-0.2, -0.15) is 0 Å². The summed E-state index contributed by atoms with van der Waals surface area (Å²) in [6.45, 7) is 3.10. The van der Waals surface area contributed by atoms with E-state index in [2.05, 4.69) is 5.32 Å². The molecule has 2 rings (SSSR count). The molecule has 106 valence electrons. The summed E-state index contributed by atoms with van der Waals surface area (Å²) in [5, 5.41) is 2.53. The van der Waals surface area contributed by atoms with E-state index >= 15 is 0 Å². The predicted octanol–water partition coefficient (Wildman–Crippen LogP) is -0.295. The van der Waals surface area contributed by atoms with Gasteiger partial charge in [-0.3, -0.25) is 9.59 Å². The first kappa shape index (κ1) is 13.6. The van der Waals surface area contributed by atoms with E-state index in [1.807, 2.05) is 0 Å². The minimum Gasteiger partial charge on any atom is -0.454 e. The molecule has 2 aliphatic rings. The highest BCUT2D eigenvalue weighted by Gasteiger charge is 2.53. The van der Waals surface area contributed by atoms with Crippen LogP contribution in [0.3, 0.4) is 0 Å². The van der Waals surface area contributed by atoms with E-state index < -0.39 is 42.6 Å². The summed E-state index contributed by atoms with van der Waals surface area (Å²) in [6.07, 6.45) is -3.10. The van der Waals surface area contributed by atoms with Gasteiger partial charge in [0, 0.05) is 6.92 Å². The van der Waals surface area contributed by atoms with Crippen LogP contribution in [-0.2, 0) is 28.5 Å². The molecule has 8 heteroatoms. The van der Waals surface area contributed by atoms with Gasteiger partial charge in [-0.25, -0.2) is 4.79 Å². The standard InChI is InChI=1S/C11H15NO7/c1-3-16-11(15)12-8-6-4-7(14)19-10(18-6)9(8)17-5(2)13/h6,8-10H,3-4H2,1-2H3,(H,12,15)/t6-,8-,9+,10-/m0/s1. The summed E-state index contributed by atoms with van der Waals surface area (Å²) in [4.78, 5) is 33.8. The topological polar surface area (TPSA) is 100 Å². The molecule has 1 amide bonds. The largest absolute Gasteiger partial charge is 0.454 e. The Bertz CT molecular complexity index is 397. The minimum absolute atomic E-state index is 0.00859. The van der Waals surface area contributed by atoms with Gasteiger partial charge in [-0.05, 0) is 6.92 Å². The minimum atomic E-state index is -0.984. The number of nitrogens with one attached hydrogen (secondary N) is 1. The molecule has 0 spiro atoms. The molecule has 2 heterocycles. The van der Waals surface area contributed by atoms with Crippen LogP contribution in [0, 0.1) is 0 Å². The van der Waals surface area contributed by atoms with Gasteiger partial charge in [0.2, 0.25) is 6.29 Å². The van der Waals surface area contributed by atoms with Crippen LogP contribution in [0.15, 0.2) is 0 Å². The summed E-state index contributed by atoms with van der Waals surface area (Å²) in [5.41, 5.74) is 0. The van der Waals surface area contributed by atoms with Crippen molar-refractivity contribution in [2.45, 2.75) is 44.8 Å². The van der Waals surface area contributed by atoms with Crippen LogP contribution in [0.4, 0.5) is 4.79 Å². The van der Waals surface area contributed by atoms with E-state index in [-0.39, 0.29) is 13.0 Å². The van der Waals surface area contributed by atoms with Crippen LogP contribution in [0.5, 0.6) is 0 Å². The van der Waals surface area contributed by atoms with E-state index in [1.165, 1.54) is 6.92 Å². The van der Waals surface area contributed by atoms with Crippen molar-refractivity contribution in [1.29, 1.82) is 0 Å². The molecule has 2 aliphatic heterocycles. The first-order valence-corrected chi connectivity index (χ1v) is 5.96. The van der Waals surface area contributed by atoms with E-state index in [1.54, 1.807) is 6.92 Å². The van der Waals surface area contributed by atoms with Crippen LogP contribution in [0.1, 0.15) is 20.3 Å². The molecular formula is C11H15NO7. The quantitative estimate of drug-likeness (QED) is 0.556. The Labute approximate surface area is 109 Å². The van der Waals surface area contributed by atoms with Crippen molar-refractivity contribution in [2.24, 2.45) is 0 Å². The van der Waals surface area contributed by atoms with E-state index in [4.69, 9.17) is 18.9 Å². The fourth-order valence-electron chi connectivity index (χ4n) is 2.13. The Morgan fingerprint density at radius 2 is 2.21 bits per heavy atom. The lowest BCUT2D eigenvalue weighted by atomic mass is 10.1. The monoisotopic (exact) mass is 273 g/mol. The number of hydrogen-bond donors (Lipinski definition) is 1. The second kappa shape index (κ2) is 5.43. The highest BCUT2D eigenvalue weighted by molar-refractivity contribution is 5.73. The zero-order chi connectivity index (χ0) is 14.0. The van der Waals surface area contributed by atoms with Crippen LogP contribution in [0.25, 0.3) is 0 Å². The number of amides is 1. The van der Waals surface area contributed by atoms with Crippen LogP contribution < -0.4 is 5.32 Å². The van der Waals surface area contributed by atoms with Crippen molar-refractivity contribution in [3.8, 4) is 0 Å². The second-order valence-electron chi connectivity index (χ2n) is 4.20. The molecule has 0 aromatic carbocycles. The maximum Gasteiger partial charge on any atom is 0.407 e. The average molecular weight is 273 g/mol. The van der Waals surface area contributed by atoms with Gasteiger partial charge in [-0.1, -0.05) is 0 Å². The predicted molar refractivity (Wildman–Crippen MR) is 58.9 cm³/mol. The molecule has 0 unspecified atom stereocenters. The number of fused-ring (bicyclic) bond motifs is 2. The van der Waals surface area contributed by atoms with Crippen molar-refractivity contribution in [2.75, 3.05) is 6.61 Å². The fraction of sp³-hybridized carbons (Fsp3) is 0.727. The normalized spacial score (nSPS) is 32.4.